The van der Waals surface area contributed by atoms with E-state index in [4.69, 9.17) is 4.98 Å². The van der Waals surface area contributed by atoms with Crippen molar-refractivity contribution in [1.29, 1.82) is 0 Å². The van der Waals surface area contributed by atoms with Crippen LogP contribution in [-0.2, 0) is 0 Å². The largest absolute Gasteiger partial charge is 0.363 e. The van der Waals surface area contributed by atoms with E-state index >= 15 is 0 Å². The third kappa shape index (κ3) is 3.22. The van der Waals surface area contributed by atoms with Gasteiger partial charge in [-0.2, -0.15) is 0 Å². The van der Waals surface area contributed by atoms with Crippen LogP contribution in [0.4, 0.5) is 11.6 Å². The van der Waals surface area contributed by atoms with Crippen molar-refractivity contribution in [2.45, 2.75) is 50.6 Å². The second-order valence-electron chi connectivity index (χ2n) is 8.58. The van der Waals surface area contributed by atoms with Crippen LogP contribution in [0.2, 0.25) is 0 Å². The standard InChI is InChI=1S/C23H28N6O/c1-27(2)20-14-21(25-15-24-20)28-13-7-12-19(28)22-26-18-11-6-5-10-17(18)23(30)29(22)16-8-3-4-9-16/h5-6,10-11,14-16,19H,3-4,7-9,12-13H2,1-2H3. The first-order valence-electron chi connectivity index (χ1n) is 10.9. The Labute approximate surface area is 176 Å². The second kappa shape index (κ2) is 7.70. The Bertz CT molecular complexity index is 1120. The molecule has 1 aliphatic carbocycles. The van der Waals surface area contributed by atoms with Crippen molar-refractivity contribution in [2.75, 3.05) is 30.4 Å². The van der Waals surface area contributed by atoms with Crippen LogP contribution in [-0.4, -0.2) is 40.2 Å². The third-order valence-corrected chi connectivity index (χ3v) is 6.47. The predicted octanol–water partition coefficient (Wildman–Crippen LogP) is 3.71. The van der Waals surface area contributed by atoms with Crippen molar-refractivity contribution in [3.05, 3.63) is 52.8 Å². The minimum absolute atomic E-state index is 0.0489. The zero-order valence-electron chi connectivity index (χ0n) is 17.7. The SMILES string of the molecule is CN(C)c1cc(N2CCCC2c2nc3ccccc3c(=O)n2C2CCCC2)ncn1. The molecule has 1 atom stereocenters. The maximum atomic E-state index is 13.6. The van der Waals surface area contributed by atoms with Crippen LogP contribution < -0.4 is 15.4 Å². The minimum atomic E-state index is 0.0489. The molecule has 0 amide bonds. The van der Waals surface area contributed by atoms with Gasteiger partial charge in [0.1, 0.15) is 23.8 Å². The molecule has 1 aliphatic heterocycles. The number of aromatic nitrogens is 4. The quantitative estimate of drug-likeness (QED) is 0.660. The van der Waals surface area contributed by atoms with E-state index in [9.17, 15) is 4.79 Å². The summed E-state index contributed by atoms with van der Waals surface area (Å²) in [4.78, 5) is 31.8. The number of rotatable bonds is 4. The maximum Gasteiger partial charge on any atom is 0.261 e. The maximum absolute atomic E-state index is 13.6. The number of hydrogen-bond donors (Lipinski definition) is 0. The van der Waals surface area contributed by atoms with Gasteiger partial charge in [-0.1, -0.05) is 25.0 Å². The molecule has 7 nitrogen and oxygen atoms in total. The molecule has 2 fully saturated rings. The molecule has 7 heteroatoms. The molecule has 5 rings (SSSR count). The Hall–Kier alpha value is -2.96. The number of fused-ring (bicyclic) bond motifs is 1. The van der Waals surface area contributed by atoms with E-state index in [0.29, 0.717) is 0 Å². The van der Waals surface area contributed by atoms with Crippen molar-refractivity contribution in [3.8, 4) is 0 Å². The van der Waals surface area contributed by atoms with Crippen molar-refractivity contribution in [1.82, 2.24) is 19.5 Å². The summed E-state index contributed by atoms with van der Waals surface area (Å²) in [6, 6.07) is 10.1. The molecule has 1 saturated heterocycles. The minimum Gasteiger partial charge on any atom is -0.363 e. The fourth-order valence-electron chi connectivity index (χ4n) is 4.96. The summed E-state index contributed by atoms with van der Waals surface area (Å²) in [6.45, 7) is 0.905. The lowest BCUT2D eigenvalue weighted by molar-refractivity contribution is 0.454. The van der Waals surface area contributed by atoms with Crippen LogP contribution in [0.15, 0.2) is 41.5 Å². The average molecular weight is 405 g/mol. The smallest absolute Gasteiger partial charge is 0.261 e. The normalized spacial score (nSPS) is 19.7. The van der Waals surface area contributed by atoms with E-state index in [0.717, 1.165) is 60.6 Å². The van der Waals surface area contributed by atoms with Gasteiger partial charge in [0, 0.05) is 32.7 Å². The average Bonchev–Trinajstić information content (AvgIpc) is 3.46. The van der Waals surface area contributed by atoms with E-state index in [1.807, 2.05) is 53.9 Å². The third-order valence-electron chi connectivity index (χ3n) is 6.47. The highest BCUT2D eigenvalue weighted by molar-refractivity contribution is 5.77. The van der Waals surface area contributed by atoms with E-state index in [1.165, 1.54) is 12.8 Å². The van der Waals surface area contributed by atoms with Crippen molar-refractivity contribution in [2.24, 2.45) is 0 Å². The van der Waals surface area contributed by atoms with E-state index in [1.54, 1.807) is 6.33 Å². The van der Waals surface area contributed by atoms with Crippen molar-refractivity contribution < 1.29 is 0 Å². The zero-order valence-corrected chi connectivity index (χ0v) is 17.7. The van der Waals surface area contributed by atoms with Crippen molar-refractivity contribution >= 4 is 22.5 Å². The van der Waals surface area contributed by atoms with Gasteiger partial charge < -0.3 is 9.80 Å². The van der Waals surface area contributed by atoms with Crippen LogP contribution in [0, 0.1) is 0 Å². The molecule has 0 bridgehead atoms. The summed E-state index contributed by atoms with van der Waals surface area (Å²) >= 11 is 0. The Kier molecular flexibility index (Phi) is 4.89. The fraction of sp³-hybridized carbons (Fsp3) is 0.478. The molecule has 2 aromatic heterocycles. The number of anilines is 2. The lowest BCUT2D eigenvalue weighted by Crippen LogP contribution is -2.34. The van der Waals surface area contributed by atoms with Crippen LogP contribution in [0.25, 0.3) is 10.9 Å². The van der Waals surface area contributed by atoms with Crippen molar-refractivity contribution in [3.63, 3.8) is 0 Å². The summed E-state index contributed by atoms with van der Waals surface area (Å²) in [7, 11) is 3.96. The first-order valence-corrected chi connectivity index (χ1v) is 10.9. The molecule has 3 aromatic rings. The highest BCUT2D eigenvalue weighted by Crippen LogP contribution is 2.38. The number of hydrogen-bond acceptors (Lipinski definition) is 6. The molecule has 156 valence electrons. The molecule has 30 heavy (non-hydrogen) atoms. The molecule has 1 unspecified atom stereocenters. The number of para-hydroxylation sites is 1. The van der Waals surface area contributed by atoms with Gasteiger partial charge in [-0.05, 0) is 37.8 Å². The summed E-state index contributed by atoms with van der Waals surface area (Å²) in [5, 5.41) is 0.717. The second-order valence-corrected chi connectivity index (χ2v) is 8.58. The lowest BCUT2D eigenvalue weighted by Gasteiger charge is -2.29. The first kappa shape index (κ1) is 19.0. The topological polar surface area (TPSA) is 67.2 Å². The Morgan fingerprint density at radius 1 is 1.03 bits per heavy atom. The number of nitrogens with zero attached hydrogens (tertiary/aromatic N) is 6. The lowest BCUT2D eigenvalue weighted by atomic mass is 10.1. The van der Waals surface area contributed by atoms with Gasteiger partial charge in [-0.3, -0.25) is 9.36 Å². The molecule has 1 saturated carbocycles. The van der Waals surface area contributed by atoms with Gasteiger partial charge in [-0.25, -0.2) is 15.0 Å². The van der Waals surface area contributed by atoms with E-state index in [2.05, 4.69) is 14.9 Å². The van der Waals surface area contributed by atoms with Gasteiger partial charge in [-0.15, -0.1) is 0 Å². The monoisotopic (exact) mass is 404 g/mol. The van der Waals surface area contributed by atoms with Crippen LogP contribution in [0.3, 0.4) is 0 Å². The summed E-state index contributed by atoms with van der Waals surface area (Å²) in [5.74, 6) is 2.68. The zero-order chi connectivity index (χ0) is 20.7. The summed E-state index contributed by atoms with van der Waals surface area (Å²) in [6.07, 6.45) is 8.11. The molecule has 0 N–H and O–H groups in total. The molecule has 0 spiro atoms. The summed E-state index contributed by atoms with van der Waals surface area (Å²) < 4.78 is 2.02. The van der Waals surface area contributed by atoms with E-state index in [-0.39, 0.29) is 17.6 Å². The van der Waals surface area contributed by atoms with Gasteiger partial charge in [0.15, 0.2) is 0 Å². The molecule has 2 aliphatic rings. The fourth-order valence-corrected chi connectivity index (χ4v) is 4.96. The Morgan fingerprint density at radius 3 is 2.63 bits per heavy atom. The summed E-state index contributed by atoms with van der Waals surface area (Å²) in [5.41, 5.74) is 0.890. The highest BCUT2D eigenvalue weighted by Gasteiger charge is 2.34. The Balaban J connectivity index is 1.65. The molecular weight excluding hydrogens is 376 g/mol. The van der Waals surface area contributed by atoms with Gasteiger partial charge >= 0.3 is 0 Å². The van der Waals surface area contributed by atoms with E-state index < -0.39 is 0 Å². The van der Waals surface area contributed by atoms with Gasteiger partial charge in [0.25, 0.3) is 5.56 Å². The molecular formula is C23H28N6O. The molecule has 1 aromatic carbocycles. The molecule has 0 radical (unpaired) electrons. The Morgan fingerprint density at radius 2 is 1.83 bits per heavy atom. The number of benzene rings is 1. The van der Waals surface area contributed by atoms with Crippen LogP contribution >= 0.6 is 0 Å². The molecule has 3 heterocycles. The van der Waals surface area contributed by atoms with Crippen LogP contribution in [0.1, 0.15) is 56.4 Å². The highest BCUT2D eigenvalue weighted by atomic mass is 16.1. The first-order chi connectivity index (χ1) is 14.6. The van der Waals surface area contributed by atoms with Gasteiger partial charge in [0.05, 0.1) is 16.9 Å². The predicted molar refractivity (Wildman–Crippen MR) is 119 cm³/mol. The van der Waals surface area contributed by atoms with Gasteiger partial charge in [0.2, 0.25) is 0 Å². The van der Waals surface area contributed by atoms with Crippen LogP contribution in [0.5, 0.6) is 0 Å².